The Labute approximate surface area is 218 Å². The number of benzene rings is 1. The quantitative estimate of drug-likeness (QED) is 0.360. The van der Waals surface area contributed by atoms with E-state index in [-0.39, 0.29) is 36.4 Å². The Hall–Kier alpha value is -4.41. The monoisotopic (exact) mass is 517 g/mol. The van der Waals surface area contributed by atoms with Crippen LogP contribution in [-0.2, 0) is 22.7 Å². The largest absolute Gasteiger partial charge is 0.458 e. The van der Waals surface area contributed by atoms with E-state index in [1.807, 2.05) is 0 Å². The number of carbonyl (C=O) groups is 2. The number of hydrogen-bond acceptors (Lipinski definition) is 7. The van der Waals surface area contributed by atoms with Gasteiger partial charge in [0.15, 0.2) is 5.76 Å². The van der Waals surface area contributed by atoms with Gasteiger partial charge in [-0.25, -0.2) is 4.39 Å². The summed E-state index contributed by atoms with van der Waals surface area (Å²) in [6.07, 6.45) is 6.97. The van der Waals surface area contributed by atoms with Crippen molar-refractivity contribution >= 4 is 11.8 Å². The molecule has 1 aliphatic rings. The Morgan fingerprint density at radius 2 is 1.89 bits per heavy atom. The summed E-state index contributed by atoms with van der Waals surface area (Å²) in [6, 6.07) is 12.1. The van der Waals surface area contributed by atoms with Crippen LogP contribution in [0, 0.1) is 12.7 Å². The normalized spacial score (nSPS) is 14.4. The number of amides is 2. The second kappa shape index (κ2) is 11.3. The van der Waals surface area contributed by atoms with Crippen molar-refractivity contribution < 1.29 is 18.4 Å². The maximum Gasteiger partial charge on any atom is 0.247 e. The maximum absolute atomic E-state index is 14.7. The third-order valence-electron chi connectivity index (χ3n) is 6.59. The highest BCUT2D eigenvalue weighted by atomic mass is 19.1. The van der Waals surface area contributed by atoms with Crippen LogP contribution in [-0.4, -0.2) is 47.9 Å². The van der Waals surface area contributed by atoms with Crippen molar-refractivity contribution in [3.8, 4) is 11.6 Å². The van der Waals surface area contributed by atoms with E-state index in [2.05, 4.69) is 25.7 Å². The molecule has 3 aromatic heterocycles. The number of pyridine rings is 1. The number of nitrogens with zero attached hydrogens (tertiary/aromatic N) is 6. The van der Waals surface area contributed by atoms with Gasteiger partial charge in [-0.1, -0.05) is 31.0 Å². The highest BCUT2D eigenvalue weighted by Gasteiger charge is 2.34. The molecular weight excluding hydrogens is 489 g/mol. The zero-order valence-electron chi connectivity index (χ0n) is 21.0. The first-order valence-electron chi connectivity index (χ1n) is 12.6. The lowest BCUT2D eigenvalue weighted by atomic mass is 10.0. The van der Waals surface area contributed by atoms with Crippen molar-refractivity contribution in [3.05, 3.63) is 83.6 Å². The number of tetrazole rings is 1. The van der Waals surface area contributed by atoms with E-state index in [9.17, 15) is 14.0 Å². The summed E-state index contributed by atoms with van der Waals surface area (Å²) in [4.78, 5) is 34.0. The van der Waals surface area contributed by atoms with Gasteiger partial charge in [-0.05, 0) is 60.9 Å². The molecule has 0 spiro atoms. The van der Waals surface area contributed by atoms with Gasteiger partial charge in [-0.2, -0.15) is 4.80 Å². The van der Waals surface area contributed by atoms with Crippen LogP contribution in [0.2, 0.25) is 0 Å². The third-order valence-corrected chi connectivity index (χ3v) is 6.59. The van der Waals surface area contributed by atoms with E-state index in [0.717, 1.165) is 30.5 Å². The molecule has 1 N–H and O–H groups in total. The van der Waals surface area contributed by atoms with E-state index in [0.29, 0.717) is 17.1 Å². The molecule has 1 fully saturated rings. The predicted octanol–water partition coefficient (Wildman–Crippen LogP) is 3.60. The first kappa shape index (κ1) is 25.2. The fourth-order valence-corrected chi connectivity index (χ4v) is 4.68. The molecule has 0 bridgehead atoms. The average Bonchev–Trinajstić information content (AvgIpc) is 3.68. The molecule has 4 aromatic rings. The fraction of sp³-hybridized carbons (Fsp3) is 0.333. The Bertz CT molecular complexity index is 1400. The van der Waals surface area contributed by atoms with Gasteiger partial charge in [0.05, 0.1) is 0 Å². The molecule has 0 saturated heterocycles. The second-order valence-electron chi connectivity index (χ2n) is 9.34. The Morgan fingerprint density at radius 3 is 2.61 bits per heavy atom. The molecule has 1 aromatic carbocycles. The Kier molecular flexibility index (Phi) is 7.52. The number of carbonyl (C=O) groups excluding carboxylic acids is 2. The molecule has 38 heavy (non-hydrogen) atoms. The number of halogens is 1. The standard InChI is InChI=1S/C27H28FN7O3/c1-18-10-11-23(38-18)26-31-33-35(32-26)17-24(36)34(16-20-6-2-5-9-22(20)28)25(19-12-14-29-15-13-19)27(37)30-21-7-3-4-8-21/h2,5-6,9-15,21,25H,3-4,7-8,16-17H2,1H3,(H,30,37)/t25-/m0/s1. The van der Waals surface area contributed by atoms with Crippen LogP contribution >= 0.6 is 0 Å². The zero-order valence-corrected chi connectivity index (χ0v) is 21.0. The smallest absolute Gasteiger partial charge is 0.247 e. The van der Waals surface area contributed by atoms with Gasteiger partial charge in [0.1, 0.15) is 24.2 Å². The lowest BCUT2D eigenvalue weighted by molar-refractivity contribution is -0.142. The summed E-state index contributed by atoms with van der Waals surface area (Å²) >= 11 is 0. The van der Waals surface area contributed by atoms with Crippen LogP contribution in [0.4, 0.5) is 4.39 Å². The number of hydrogen-bond donors (Lipinski definition) is 1. The molecule has 0 aliphatic heterocycles. The van der Waals surface area contributed by atoms with Crippen LogP contribution in [0.15, 0.2) is 65.3 Å². The van der Waals surface area contributed by atoms with Crippen molar-refractivity contribution in [3.63, 3.8) is 0 Å². The first-order valence-corrected chi connectivity index (χ1v) is 12.6. The van der Waals surface area contributed by atoms with Gasteiger partial charge >= 0.3 is 0 Å². The van der Waals surface area contributed by atoms with Crippen molar-refractivity contribution in [2.75, 3.05) is 0 Å². The summed E-state index contributed by atoms with van der Waals surface area (Å²) in [7, 11) is 0. The molecular formula is C27H28FN7O3. The van der Waals surface area contributed by atoms with E-state index in [4.69, 9.17) is 4.42 Å². The van der Waals surface area contributed by atoms with Gasteiger partial charge in [-0.3, -0.25) is 14.6 Å². The van der Waals surface area contributed by atoms with Crippen molar-refractivity contribution in [2.24, 2.45) is 0 Å². The third kappa shape index (κ3) is 5.77. The number of rotatable bonds is 9. The average molecular weight is 518 g/mol. The Balaban J connectivity index is 1.47. The summed E-state index contributed by atoms with van der Waals surface area (Å²) in [5.41, 5.74) is 0.852. The minimum Gasteiger partial charge on any atom is -0.458 e. The number of aromatic nitrogens is 5. The fourth-order valence-electron chi connectivity index (χ4n) is 4.68. The molecule has 2 amide bonds. The van der Waals surface area contributed by atoms with Crippen LogP contribution in [0.1, 0.15) is 48.6 Å². The molecule has 1 atom stereocenters. The van der Waals surface area contributed by atoms with Gasteiger partial charge in [0.2, 0.25) is 17.6 Å². The minimum absolute atomic E-state index is 0.0357. The number of furan rings is 1. The van der Waals surface area contributed by atoms with Gasteiger partial charge < -0.3 is 14.6 Å². The van der Waals surface area contributed by atoms with Gasteiger partial charge in [0, 0.05) is 30.5 Å². The number of nitrogens with one attached hydrogen (secondary N) is 1. The molecule has 3 heterocycles. The van der Waals surface area contributed by atoms with E-state index in [1.165, 1.54) is 11.0 Å². The predicted molar refractivity (Wildman–Crippen MR) is 135 cm³/mol. The first-order chi connectivity index (χ1) is 18.5. The van der Waals surface area contributed by atoms with Gasteiger partial charge in [-0.15, -0.1) is 10.2 Å². The summed E-state index contributed by atoms with van der Waals surface area (Å²) in [5.74, 6) is 0.0785. The van der Waals surface area contributed by atoms with Crippen molar-refractivity contribution in [1.82, 2.24) is 35.4 Å². The van der Waals surface area contributed by atoms with Crippen molar-refractivity contribution in [2.45, 2.75) is 57.8 Å². The van der Waals surface area contributed by atoms with Crippen LogP contribution < -0.4 is 5.32 Å². The highest BCUT2D eigenvalue weighted by molar-refractivity contribution is 5.88. The lowest BCUT2D eigenvalue weighted by Crippen LogP contribution is -2.47. The minimum atomic E-state index is -1.01. The van der Waals surface area contributed by atoms with E-state index >= 15 is 0 Å². The van der Waals surface area contributed by atoms with Crippen LogP contribution in [0.3, 0.4) is 0 Å². The lowest BCUT2D eigenvalue weighted by Gasteiger charge is -2.32. The molecule has 1 saturated carbocycles. The zero-order chi connectivity index (χ0) is 26.5. The molecule has 10 nitrogen and oxygen atoms in total. The molecule has 196 valence electrons. The summed E-state index contributed by atoms with van der Waals surface area (Å²) in [6.45, 7) is 1.36. The molecule has 0 radical (unpaired) electrons. The molecule has 11 heteroatoms. The second-order valence-corrected chi connectivity index (χ2v) is 9.34. The molecule has 1 aliphatic carbocycles. The summed E-state index contributed by atoms with van der Waals surface area (Å²) < 4.78 is 20.3. The Morgan fingerprint density at radius 1 is 1.13 bits per heavy atom. The topological polar surface area (TPSA) is 119 Å². The number of aryl methyl sites for hydroxylation is 1. The SMILES string of the molecule is Cc1ccc(-c2nnn(CC(=O)N(Cc3ccccc3F)[C@H](C(=O)NC3CCCC3)c3ccncc3)n2)o1. The van der Waals surface area contributed by atoms with E-state index < -0.39 is 17.8 Å². The van der Waals surface area contributed by atoms with Crippen molar-refractivity contribution in [1.29, 1.82) is 0 Å². The highest BCUT2D eigenvalue weighted by Crippen LogP contribution is 2.27. The summed E-state index contributed by atoms with van der Waals surface area (Å²) in [5, 5.41) is 15.3. The van der Waals surface area contributed by atoms with E-state index in [1.54, 1.807) is 61.8 Å². The maximum atomic E-state index is 14.7. The molecule has 5 rings (SSSR count). The van der Waals surface area contributed by atoms with Crippen LogP contribution in [0.5, 0.6) is 0 Å². The van der Waals surface area contributed by atoms with Crippen LogP contribution in [0.25, 0.3) is 11.6 Å². The van der Waals surface area contributed by atoms with Gasteiger partial charge in [0.25, 0.3) is 0 Å². The molecule has 0 unspecified atom stereocenters.